The third-order valence-electron chi connectivity index (χ3n) is 5.98. The highest BCUT2D eigenvalue weighted by Gasteiger charge is 2.22. The Kier molecular flexibility index (Phi) is 8.60. The van der Waals surface area contributed by atoms with Crippen molar-refractivity contribution in [1.29, 1.82) is 0 Å². The Bertz CT molecular complexity index is 1350. The highest BCUT2D eigenvalue weighted by Crippen LogP contribution is 2.28. The average molecular weight is 505 g/mol. The Morgan fingerprint density at radius 3 is 2.62 bits per heavy atom. The Balaban J connectivity index is 1.51. The first-order valence-corrected chi connectivity index (χ1v) is 12.4. The van der Waals surface area contributed by atoms with Gasteiger partial charge < -0.3 is 26.7 Å². The summed E-state index contributed by atoms with van der Waals surface area (Å²) in [6, 6.07) is 13.7. The molecule has 0 fully saturated rings. The predicted octanol–water partition coefficient (Wildman–Crippen LogP) is 3.19. The van der Waals surface area contributed by atoms with Crippen molar-refractivity contribution in [3.8, 4) is 11.5 Å². The molecule has 1 amide bonds. The van der Waals surface area contributed by atoms with Gasteiger partial charge in [-0.25, -0.2) is 9.61 Å². The number of amides is 1. The second kappa shape index (κ2) is 12.2. The van der Waals surface area contributed by atoms with Gasteiger partial charge in [0.05, 0.1) is 23.6 Å². The minimum atomic E-state index is -0.608. The van der Waals surface area contributed by atoms with Gasteiger partial charge in [-0.05, 0) is 72.5 Å². The number of para-hydroxylation sites is 2. The third-order valence-corrected chi connectivity index (χ3v) is 5.98. The second-order valence-electron chi connectivity index (χ2n) is 8.78. The van der Waals surface area contributed by atoms with E-state index < -0.39 is 6.04 Å². The standard InChI is InChI=1S/C26H32N8O3/c1-2-15-29-24-23(32-37-33-24)25-31-20-8-3-4-9-21(20)34(25)16-22(35)17-10-12-18(13-11-17)30-26(36)19(28)7-5-6-14-27/h3-4,8-13,19H,2,5-7,14-16,27-28H2,1H3,(H,29,33)(H,30,36)/t19-/m0/s1. The number of aromatic nitrogens is 4. The maximum atomic E-state index is 13.3. The molecular formula is C26H32N8O3. The fourth-order valence-corrected chi connectivity index (χ4v) is 3.96. The largest absolute Gasteiger partial charge is 0.365 e. The molecule has 0 aliphatic carbocycles. The molecule has 0 saturated heterocycles. The van der Waals surface area contributed by atoms with Crippen molar-refractivity contribution in [2.45, 2.75) is 45.2 Å². The smallest absolute Gasteiger partial charge is 0.241 e. The number of unbranched alkanes of at least 4 members (excludes halogenated alkanes) is 1. The van der Waals surface area contributed by atoms with E-state index in [2.05, 4.69) is 20.9 Å². The quantitative estimate of drug-likeness (QED) is 0.158. The van der Waals surface area contributed by atoms with E-state index in [0.29, 0.717) is 48.1 Å². The van der Waals surface area contributed by atoms with Crippen LogP contribution in [0, 0.1) is 0 Å². The molecule has 2 aromatic carbocycles. The number of hydrogen-bond donors (Lipinski definition) is 4. The van der Waals surface area contributed by atoms with Gasteiger partial charge in [0.2, 0.25) is 11.7 Å². The van der Waals surface area contributed by atoms with E-state index in [4.69, 9.17) is 21.1 Å². The van der Waals surface area contributed by atoms with Gasteiger partial charge in [-0.15, -0.1) is 0 Å². The highest BCUT2D eigenvalue weighted by atomic mass is 16.6. The maximum Gasteiger partial charge on any atom is 0.241 e. The SMILES string of the molecule is CCCNc1nonc1-c1nc2ccccc2n1CC(=O)c1ccc(NC(=O)[C@@H](N)CCCCN)cc1. The number of rotatable bonds is 13. The number of hydrogen-bond acceptors (Lipinski definition) is 9. The lowest BCUT2D eigenvalue weighted by Gasteiger charge is -2.12. The van der Waals surface area contributed by atoms with Crippen LogP contribution >= 0.6 is 0 Å². The third kappa shape index (κ3) is 6.19. The summed E-state index contributed by atoms with van der Waals surface area (Å²) in [5.74, 6) is 0.578. The lowest BCUT2D eigenvalue weighted by molar-refractivity contribution is -0.117. The molecule has 6 N–H and O–H groups in total. The Morgan fingerprint density at radius 1 is 1.08 bits per heavy atom. The van der Waals surface area contributed by atoms with Gasteiger partial charge in [0.15, 0.2) is 17.3 Å². The van der Waals surface area contributed by atoms with E-state index >= 15 is 0 Å². The van der Waals surface area contributed by atoms with Crippen LogP contribution in [-0.4, -0.2) is 50.7 Å². The zero-order valence-electron chi connectivity index (χ0n) is 20.8. The number of nitrogens with two attached hydrogens (primary N) is 2. The maximum absolute atomic E-state index is 13.3. The van der Waals surface area contributed by atoms with Crippen molar-refractivity contribution in [2.24, 2.45) is 11.5 Å². The number of nitrogens with zero attached hydrogens (tertiary/aromatic N) is 4. The van der Waals surface area contributed by atoms with Gasteiger partial charge in [0, 0.05) is 17.8 Å². The topological polar surface area (TPSA) is 167 Å². The highest BCUT2D eigenvalue weighted by molar-refractivity contribution is 5.99. The Hall–Kier alpha value is -4.09. The number of carbonyl (C=O) groups is 2. The number of nitrogens with one attached hydrogen (secondary N) is 2. The molecule has 0 aliphatic rings. The first kappa shape index (κ1) is 26.0. The molecule has 194 valence electrons. The molecule has 4 rings (SSSR count). The minimum absolute atomic E-state index is 0.0354. The lowest BCUT2D eigenvalue weighted by Crippen LogP contribution is -2.35. The van der Waals surface area contributed by atoms with Crippen LogP contribution in [0.3, 0.4) is 0 Å². The second-order valence-corrected chi connectivity index (χ2v) is 8.78. The fraction of sp³-hybridized carbons (Fsp3) is 0.346. The zero-order valence-corrected chi connectivity index (χ0v) is 20.8. The van der Waals surface area contributed by atoms with E-state index in [1.165, 1.54) is 0 Å². The summed E-state index contributed by atoms with van der Waals surface area (Å²) >= 11 is 0. The molecule has 0 bridgehead atoms. The molecule has 0 radical (unpaired) electrons. The number of carbonyl (C=O) groups excluding carboxylic acids is 2. The van der Waals surface area contributed by atoms with Crippen molar-refractivity contribution in [3.63, 3.8) is 0 Å². The van der Waals surface area contributed by atoms with E-state index in [0.717, 1.165) is 30.3 Å². The summed E-state index contributed by atoms with van der Waals surface area (Å²) in [6.45, 7) is 3.35. The van der Waals surface area contributed by atoms with Gasteiger partial charge in [0.1, 0.15) is 0 Å². The predicted molar refractivity (Wildman–Crippen MR) is 142 cm³/mol. The van der Waals surface area contributed by atoms with E-state index in [1.807, 2.05) is 35.8 Å². The van der Waals surface area contributed by atoms with E-state index in [-0.39, 0.29) is 18.2 Å². The zero-order chi connectivity index (χ0) is 26.2. The van der Waals surface area contributed by atoms with Crippen LogP contribution in [-0.2, 0) is 11.3 Å². The van der Waals surface area contributed by atoms with Gasteiger partial charge in [-0.2, -0.15) is 0 Å². The molecular weight excluding hydrogens is 472 g/mol. The number of fused-ring (bicyclic) bond motifs is 1. The van der Waals surface area contributed by atoms with Crippen molar-refractivity contribution in [1.82, 2.24) is 19.9 Å². The van der Waals surface area contributed by atoms with Crippen molar-refractivity contribution in [2.75, 3.05) is 23.7 Å². The summed E-state index contributed by atoms with van der Waals surface area (Å²) in [5, 5.41) is 14.0. The van der Waals surface area contributed by atoms with Crippen molar-refractivity contribution < 1.29 is 14.2 Å². The first-order chi connectivity index (χ1) is 18.0. The molecule has 0 spiro atoms. The first-order valence-electron chi connectivity index (χ1n) is 12.4. The van der Waals surface area contributed by atoms with Crippen LogP contribution in [0.5, 0.6) is 0 Å². The summed E-state index contributed by atoms with van der Waals surface area (Å²) in [4.78, 5) is 30.3. The van der Waals surface area contributed by atoms with Crippen LogP contribution in [0.15, 0.2) is 53.2 Å². The summed E-state index contributed by atoms with van der Waals surface area (Å²) in [6.07, 6.45) is 3.09. The van der Waals surface area contributed by atoms with Crippen molar-refractivity contribution >= 4 is 34.2 Å². The molecule has 0 unspecified atom stereocenters. The van der Waals surface area contributed by atoms with E-state index in [1.54, 1.807) is 24.3 Å². The normalized spacial score (nSPS) is 12.0. The number of anilines is 2. The Morgan fingerprint density at radius 2 is 1.86 bits per heavy atom. The molecule has 4 aromatic rings. The molecule has 2 heterocycles. The lowest BCUT2D eigenvalue weighted by atomic mass is 10.1. The molecule has 0 saturated carbocycles. The van der Waals surface area contributed by atoms with Crippen LogP contribution in [0.25, 0.3) is 22.6 Å². The molecule has 11 nitrogen and oxygen atoms in total. The molecule has 0 aliphatic heterocycles. The number of ketones is 1. The van der Waals surface area contributed by atoms with Gasteiger partial charge >= 0.3 is 0 Å². The number of benzene rings is 2. The van der Waals surface area contributed by atoms with Crippen molar-refractivity contribution in [3.05, 3.63) is 54.1 Å². The van der Waals surface area contributed by atoms with Crippen LogP contribution in [0.2, 0.25) is 0 Å². The van der Waals surface area contributed by atoms with Gasteiger partial charge in [0.25, 0.3) is 0 Å². The summed E-state index contributed by atoms with van der Waals surface area (Å²) in [5.41, 5.74) is 14.5. The fourth-order valence-electron chi connectivity index (χ4n) is 3.96. The minimum Gasteiger partial charge on any atom is -0.365 e. The molecule has 1 atom stereocenters. The number of Topliss-reactive ketones (excluding diaryl/α,β-unsaturated/α-hetero) is 1. The van der Waals surface area contributed by atoms with Gasteiger partial charge in [-0.1, -0.05) is 25.5 Å². The molecule has 2 aromatic heterocycles. The summed E-state index contributed by atoms with van der Waals surface area (Å²) < 4.78 is 6.79. The van der Waals surface area contributed by atoms with Crippen LogP contribution in [0.4, 0.5) is 11.5 Å². The van der Waals surface area contributed by atoms with Crippen LogP contribution < -0.4 is 22.1 Å². The van der Waals surface area contributed by atoms with Gasteiger partial charge in [-0.3, -0.25) is 9.59 Å². The Labute approximate surface area is 214 Å². The monoisotopic (exact) mass is 504 g/mol. The average Bonchev–Trinajstić information content (AvgIpc) is 3.52. The van der Waals surface area contributed by atoms with Crippen LogP contribution in [0.1, 0.15) is 43.0 Å². The summed E-state index contributed by atoms with van der Waals surface area (Å²) in [7, 11) is 0. The molecule has 11 heteroatoms. The van der Waals surface area contributed by atoms with E-state index in [9.17, 15) is 9.59 Å². The molecule has 37 heavy (non-hydrogen) atoms. The number of imidazole rings is 1.